The number of aliphatic hydroxyl groups excluding tert-OH is 1. The van der Waals surface area contributed by atoms with Crippen molar-refractivity contribution >= 4 is 21.6 Å². The molecule has 2 N–H and O–H groups in total. The molecule has 3 aromatic carbocycles. The molecular formula is C20H18ClNO3S. The Kier molecular flexibility index (Phi) is 5.74. The summed E-state index contributed by atoms with van der Waals surface area (Å²) in [6.45, 7) is 0. The first kappa shape index (κ1) is 18.6. The van der Waals surface area contributed by atoms with Gasteiger partial charge in [-0.2, -0.15) is 0 Å². The molecule has 0 aromatic heterocycles. The normalized spacial score (nSPS) is 13.9. The third-order valence-corrected chi connectivity index (χ3v) is 5.73. The summed E-state index contributed by atoms with van der Waals surface area (Å²) in [5.41, 5.74) is 1.29. The quantitative estimate of drug-likeness (QED) is 0.669. The topological polar surface area (TPSA) is 66.4 Å². The van der Waals surface area contributed by atoms with E-state index in [-0.39, 0.29) is 4.90 Å². The number of halogens is 1. The molecule has 3 rings (SSSR count). The lowest BCUT2D eigenvalue weighted by Gasteiger charge is -2.25. The van der Waals surface area contributed by atoms with E-state index in [9.17, 15) is 13.5 Å². The summed E-state index contributed by atoms with van der Waals surface area (Å²) >= 11 is 5.84. The number of sulfonamides is 1. The van der Waals surface area contributed by atoms with Gasteiger partial charge in [-0.1, -0.05) is 72.3 Å². The fourth-order valence-electron chi connectivity index (χ4n) is 2.67. The highest BCUT2D eigenvalue weighted by atomic mass is 35.5. The van der Waals surface area contributed by atoms with Gasteiger partial charge in [-0.15, -0.1) is 0 Å². The highest BCUT2D eigenvalue weighted by molar-refractivity contribution is 7.89. The molecule has 0 heterocycles. The molecule has 134 valence electrons. The van der Waals surface area contributed by atoms with Crippen molar-refractivity contribution in [2.45, 2.75) is 17.0 Å². The van der Waals surface area contributed by atoms with Crippen LogP contribution in [0.4, 0.5) is 0 Å². The zero-order chi connectivity index (χ0) is 18.6. The Hall–Kier alpha value is -2.18. The van der Waals surface area contributed by atoms with Gasteiger partial charge in [0.25, 0.3) is 0 Å². The van der Waals surface area contributed by atoms with Crippen LogP contribution in [0.25, 0.3) is 0 Å². The number of hydrogen-bond acceptors (Lipinski definition) is 3. The fraction of sp³-hybridized carbons (Fsp3) is 0.100. The molecule has 3 aromatic rings. The second kappa shape index (κ2) is 8.01. The molecule has 6 heteroatoms. The minimum absolute atomic E-state index is 0.0862. The highest BCUT2D eigenvalue weighted by Crippen LogP contribution is 2.30. The molecule has 0 aliphatic carbocycles. The largest absolute Gasteiger partial charge is 0.386 e. The molecule has 0 spiro atoms. The van der Waals surface area contributed by atoms with Crippen molar-refractivity contribution in [2.24, 2.45) is 0 Å². The average Bonchev–Trinajstić information content (AvgIpc) is 2.67. The summed E-state index contributed by atoms with van der Waals surface area (Å²) < 4.78 is 28.2. The Morgan fingerprint density at radius 3 is 1.81 bits per heavy atom. The van der Waals surface area contributed by atoms with Gasteiger partial charge >= 0.3 is 0 Å². The Morgan fingerprint density at radius 2 is 1.27 bits per heavy atom. The first-order valence-electron chi connectivity index (χ1n) is 8.03. The first-order chi connectivity index (χ1) is 12.5. The van der Waals surface area contributed by atoms with Crippen LogP contribution in [0.15, 0.2) is 89.8 Å². The molecule has 0 bridgehead atoms. The number of hydrogen-bond donors (Lipinski definition) is 2. The van der Waals surface area contributed by atoms with E-state index in [0.29, 0.717) is 16.1 Å². The van der Waals surface area contributed by atoms with Crippen molar-refractivity contribution in [3.63, 3.8) is 0 Å². The zero-order valence-electron chi connectivity index (χ0n) is 13.8. The van der Waals surface area contributed by atoms with Crippen LogP contribution in [0.1, 0.15) is 23.3 Å². The van der Waals surface area contributed by atoms with Gasteiger partial charge in [-0.25, -0.2) is 13.1 Å². The van der Waals surface area contributed by atoms with Gasteiger partial charge < -0.3 is 5.11 Å². The summed E-state index contributed by atoms with van der Waals surface area (Å²) in [4.78, 5) is 0.0862. The molecule has 26 heavy (non-hydrogen) atoms. The summed E-state index contributed by atoms with van der Waals surface area (Å²) in [7, 11) is -3.85. The lowest BCUT2D eigenvalue weighted by molar-refractivity contribution is 0.139. The van der Waals surface area contributed by atoms with Crippen LogP contribution in [0, 0.1) is 0 Å². The van der Waals surface area contributed by atoms with Crippen LogP contribution in [0.3, 0.4) is 0 Å². The number of benzene rings is 3. The average molecular weight is 388 g/mol. The summed E-state index contributed by atoms with van der Waals surface area (Å²) in [6.07, 6.45) is -1.04. The second-order valence-corrected chi connectivity index (χ2v) is 7.97. The molecular weight excluding hydrogens is 370 g/mol. The Balaban J connectivity index is 1.97. The van der Waals surface area contributed by atoms with E-state index in [1.54, 1.807) is 48.5 Å². The molecule has 0 aliphatic rings. The third kappa shape index (κ3) is 4.31. The molecule has 4 nitrogen and oxygen atoms in total. The summed E-state index contributed by atoms with van der Waals surface area (Å²) in [5.74, 6) is 0. The predicted molar refractivity (Wildman–Crippen MR) is 102 cm³/mol. The molecule has 0 aliphatic heterocycles. The molecule has 0 saturated heterocycles. The van der Waals surface area contributed by atoms with Crippen molar-refractivity contribution in [1.82, 2.24) is 4.72 Å². The lowest BCUT2D eigenvalue weighted by Crippen LogP contribution is -2.32. The van der Waals surface area contributed by atoms with Crippen molar-refractivity contribution in [1.29, 1.82) is 0 Å². The van der Waals surface area contributed by atoms with E-state index < -0.39 is 22.2 Å². The minimum atomic E-state index is -3.85. The molecule has 0 fully saturated rings. The van der Waals surface area contributed by atoms with Crippen LogP contribution >= 0.6 is 11.6 Å². The Labute approximate surface area is 158 Å². The minimum Gasteiger partial charge on any atom is -0.386 e. The summed E-state index contributed by atoms with van der Waals surface area (Å²) in [6, 6.07) is 23.0. The number of aliphatic hydroxyl groups is 1. The maximum absolute atomic E-state index is 12.8. The van der Waals surface area contributed by atoms with Gasteiger partial charge in [0, 0.05) is 5.02 Å². The van der Waals surface area contributed by atoms with Crippen LogP contribution in [0.2, 0.25) is 5.02 Å². The van der Waals surface area contributed by atoms with E-state index >= 15 is 0 Å². The van der Waals surface area contributed by atoms with Gasteiger partial charge in [0.05, 0.1) is 17.0 Å². The molecule has 0 unspecified atom stereocenters. The van der Waals surface area contributed by atoms with Gasteiger partial charge in [0.1, 0.15) is 0 Å². The van der Waals surface area contributed by atoms with Crippen molar-refractivity contribution in [3.8, 4) is 0 Å². The van der Waals surface area contributed by atoms with Crippen LogP contribution in [0.5, 0.6) is 0 Å². The number of rotatable bonds is 6. The first-order valence-corrected chi connectivity index (χ1v) is 9.89. The van der Waals surface area contributed by atoms with E-state index in [1.165, 1.54) is 24.3 Å². The second-order valence-electron chi connectivity index (χ2n) is 5.82. The number of nitrogens with one attached hydrogen (secondary N) is 1. The van der Waals surface area contributed by atoms with E-state index in [0.717, 1.165) is 0 Å². The monoisotopic (exact) mass is 387 g/mol. The van der Waals surface area contributed by atoms with Crippen LogP contribution in [-0.4, -0.2) is 13.5 Å². The highest BCUT2D eigenvalue weighted by Gasteiger charge is 2.28. The standard InChI is InChI=1S/C20H18ClNO3S/c21-17-11-13-18(14-12-17)26(24,25)22-19(15-7-3-1-4-8-15)20(23)16-9-5-2-6-10-16/h1-14,19-20,22-23H/t19-,20+/m0/s1. The van der Waals surface area contributed by atoms with Crippen molar-refractivity contribution in [2.75, 3.05) is 0 Å². The SMILES string of the molecule is O=S(=O)(N[C@@H](c1ccccc1)[C@H](O)c1ccccc1)c1ccc(Cl)cc1. The van der Waals surface area contributed by atoms with Crippen molar-refractivity contribution < 1.29 is 13.5 Å². The third-order valence-electron chi connectivity index (χ3n) is 4.02. The van der Waals surface area contributed by atoms with Crippen LogP contribution in [-0.2, 0) is 10.0 Å². The maximum Gasteiger partial charge on any atom is 0.241 e. The van der Waals surface area contributed by atoms with Gasteiger partial charge in [-0.3, -0.25) is 0 Å². The molecule has 0 amide bonds. The summed E-state index contributed by atoms with van der Waals surface area (Å²) in [5, 5.41) is 11.3. The van der Waals surface area contributed by atoms with E-state index in [2.05, 4.69) is 4.72 Å². The molecule has 0 saturated carbocycles. The fourth-order valence-corrected chi connectivity index (χ4v) is 4.02. The molecule has 0 radical (unpaired) electrons. The van der Waals surface area contributed by atoms with Gasteiger partial charge in [0.2, 0.25) is 10.0 Å². The van der Waals surface area contributed by atoms with E-state index in [1.807, 2.05) is 12.1 Å². The van der Waals surface area contributed by atoms with Crippen LogP contribution < -0.4 is 4.72 Å². The Bertz CT molecular complexity index is 945. The maximum atomic E-state index is 12.8. The zero-order valence-corrected chi connectivity index (χ0v) is 15.4. The van der Waals surface area contributed by atoms with Gasteiger partial charge in [-0.05, 0) is 35.4 Å². The van der Waals surface area contributed by atoms with Crippen molar-refractivity contribution in [3.05, 3.63) is 101 Å². The smallest absolute Gasteiger partial charge is 0.241 e. The van der Waals surface area contributed by atoms with Gasteiger partial charge in [0.15, 0.2) is 0 Å². The Morgan fingerprint density at radius 1 is 0.769 bits per heavy atom. The predicted octanol–water partition coefficient (Wildman–Crippen LogP) is 4.09. The lowest BCUT2D eigenvalue weighted by atomic mass is 9.97. The van der Waals surface area contributed by atoms with E-state index in [4.69, 9.17) is 11.6 Å². The molecule has 2 atom stereocenters.